The summed E-state index contributed by atoms with van der Waals surface area (Å²) in [5.41, 5.74) is 3.49. The first-order valence-corrected chi connectivity index (χ1v) is 14.5. The number of carbonyl (C=O) groups excluding carboxylic acids is 1. The summed E-state index contributed by atoms with van der Waals surface area (Å²) in [7, 11) is 0. The van der Waals surface area contributed by atoms with Crippen molar-refractivity contribution in [1.29, 1.82) is 0 Å². The Labute approximate surface area is 233 Å². The quantitative estimate of drug-likeness (QED) is 0.407. The van der Waals surface area contributed by atoms with Crippen LogP contribution in [0.2, 0.25) is 0 Å². The lowest BCUT2D eigenvalue weighted by Gasteiger charge is -2.41. The van der Waals surface area contributed by atoms with E-state index >= 15 is 0 Å². The fourth-order valence-corrected chi connectivity index (χ4v) is 6.85. The molecule has 3 aromatic heterocycles. The van der Waals surface area contributed by atoms with Gasteiger partial charge in [-0.2, -0.15) is 0 Å². The SMILES string of the molecule is C[C@@H](O)c1cc2cnc(Nc3ccc4c(n3)CCN(C(=O)C3CN(CCO)C3)C4)nc2c(N2C3CCC2CC3)n1. The minimum absolute atomic E-state index is 0.0267. The first-order chi connectivity index (χ1) is 19.5. The summed E-state index contributed by atoms with van der Waals surface area (Å²) in [6, 6.07) is 6.79. The number of aliphatic hydroxyl groups is 2. The van der Waals surface area contributed by atoms with Gasteiger partial charge in [-0.05, 0) is 50.3 Å². The second-order valence-electron chi connectivity index (χ2n) is 11.7. The molecule has 2 bridgehead atoms. The number of likely N-dealkylation sites (tertiary alicyclic amines) is 1. The van der Waals surface area contributed by atoms with E-state index in [0.717, 1.165) is 41.1 Å². The van der Waals surface area contributed by atoms with E-state index < -0.39 is 6.10 Å². The Bertz CT molecular complexity index is 1420. The molecule has 210 valence electrons. The number of fused-ring (bicyclic) bond motifs is 4. The lowest BCUT2D eigenvalue weighted by Crippen LogP contribution is -2.55. The first-order valence-electron chi connectivity index (χ1n) is 14.5. The van der Waals surface area contributed by atoms with Crippen molar-refractivity contribution in [2.24, 2.45) is 5.92 Å². The average molecular weight is 545 g/mol. The normalized spacial score (nSPS) is 23.4. The summed E-state index contributed by atoms with van der Waals surface area (Å²) < 4.78 is 0. The topological polar surface area (TPSA) is 131 Å². The highest BCUT2D eigenvalue weighted by Gasteiger charge is 2.41. The van der Waals surface area contributed by atoms with Gasteiger partial charge in [0.25, 0.3) is 0 Å². The zero-order valence-electron chi connectivity index (χ0n) is 22.8. The number of hydrogen-bond acceptors (Lipinski definition) is 10. The molecule has 0 aliphatic carbocycles. The molecule has 40 heavy (non-hydrogen) atoms. The van der Waals surface area contributed by atoms with Crippen molar-refractivity contribution >= 4 is 34.4 Å². The fraction of sp³-hybridized carbons (Fsp3) is 0.552. The fourth-order valence-electron chi connectivity index (χ4n) is 6.85. The van der Waals surface area contributed by atoms with E-state index in [9.17, 15) is 9.90 Å². The molecule has 0 unspecified atom stereocenters. The van der Waals surface area contributed by atoms with Gasteiger partial charge in [0.05, 0.1) is 24.3 Å². The second kappa shape index (κ2) is 10.2. The monoisotopic (exact) mass is 544 g/mol. The number of amides is 1. The number of carbonyl (C=O) groups is 1. The number of nitrogens with one attached hydrogen (secondary N) is 1. The van der Waals surface area contributed by atoms with Gasteiger partial charge in [-0.25, -0.2) is 19.9 Å². The molecule has 4 aliphatic heterocycles. The van der Waals surface area contributed by atoms with Crippen LogP contribution in [0.5, 0.6) is 0 Å². The Hall–Kier alpha value is -3.41. The Morgan fingerprint density at radius 2 is 1.90 bits per heavy atom. The molecule has 1 amide bonds. The van der Waals surface area contributed by atoms with Crippen LogP contribution in [0.15, 0.2) is 24.4 Å². The number of aliphatic hydroxyl groups excluding tert-OH is 2. The molecule has 0 spiro atoms. The van der Waals surface area contributed by atoms with Crippen molar-refractivity contribution in [2.75, 3.05) is 43.0 Å². The predicted octanol–water partition coefficient (Wildman–Crippen LogP) is 2.16. The second-order valence-corrected chi connectivity index (χ2v) is 11.7. The van der Waals surface area contributed by atoms with Crippen LogP contribution in [-0.4, -0.2) is 90.7 Å². The minimum Gasteiger partial charge on any atom is -0.395 e. The lowest BCUT2D eigenvalue weighted by molar-refractivity contribution is -0.142. The van der Waals surface area contributed by atoms with Gasteiger partial charge in [0, 0.05) is 68.5 Å². The van der Waals surface area contributed by atoms with Gasteiger partial charge in [0.1, 0.15) is 11.3 Å². The van der Waals surface area contributed by atoms with Crippen LogP contribution < -0.4 is 10.2 Å². The maximum Gasteiger partial charge on any atom is 0.229 e. The number of aromatic nitrogens is 4. The number of nitrogens with zero attached hydrogens (tertiary/aromatic N) is 7. The maximum atomic E-state index is 12.9. The van der Waals surface area contributed by atoms with Crippen LogP contribution in [0.3, 0.4) is 0 Å². The number of anilines is 3. The van der Waals surface area contributed by atoms with Gasteiger partial charge >= 0.3 is 0 Å². The molecule has 3 fully saturated rings. The summed E-state index contributed by atoms with van der Waals surface area (Å²) >= 11 is 0. The molecule has 0 saturated carbocycles. The number of β-amino-alcohol motifs (C(OH)–C–C–N with tert-alkyl or cyclic N) is 1. The molecule has 7 heterocycles. The van der Waals surface area contributed by atoms with Crippen molar-refractivity contribution < 1.29 is 15.0 Å². The smallest absolute Gasteiger partial charge is 0.229 e. The molecular weight excluding hydrogens is 508 g/mol. The number of pyridine rings is 2. The zero-order chi connectivity index (χ0) is 27.4. The zero-order valence-corrected chi connectivity index (χ0v) is 22.8. The molecule has 3 aromatic rings. The largest absolute Gasteiger partial charge is 0.395 e. The molecular formula is C29H36N8O3. The molecule has 4 aliphatic rings. The molecule has 3 saturated heterocycles. The number of rotatable bonds is 7. The highest BCUT2D eigenvalue weighted by atomic mass is 16.3. The Morgan fingerprint density at radius 1 is 1.12 bits per heavy atom. The van der Waals surface area contributed by atoms with Gasteiger partial charge in [0.15, 0.2) is 5.82 Å². The average Bonchev–Trinajstić information content (AvgIpc) is 3.54. The van der Waals surface area contributed by atoms with Crippen LogP contribution in [0.25, 0.3) is 10.9 Å². The van der Waals surface area contributed by atoms with E-state index in [1.54, 1.807) is 13.1 Å². The maximum absolute atomic E-state index is 12.9. The summed E-state index contributed by atoms with van der Waals surface area (Å²) in [5.74, 6) is 2.20. The molecule has 3 N–H and O–H groups in total. The van der Waals surface area contributed by atoms with Gasteiger partial charge in [0.2, 0.25) is 11.9 Å². The Morgan fingerprint density at radius 3 is 2.62 bits per heavy atom. The highest BCUT2D eigenvalue weighted by Crippen LogP contribution is 2.42. The van der Waals surface area contributed by atoms with Gasteiger partial charge in [-0.15, -0.1) is 0 Å². The van der Waals surface area contributed by atoms with Crippen molar-refractivity contribution in [1.82, 2.24) is 29.7 Å². The third-order valence-electron chi connectivity index (χ3n) is 9.02. The summed E-state index contributed by atoms with van der Waals surface area (Å²) in [4.78, 5) is 38.6. The third kappa shape index (κ3) is 4.55. The summed E-state index contributed by atoms with van der Waals surface area (Å²) in [6.07, 6.45) is 6.53. The van der Waals surface area contributed by atoms with Crippen molar-refractivity contribution in [3.63, 3.8) is 0 Å². The standard InChI is InChI=1S/C29H36N8O3/c1-17(39)24-12-19-13-30-29(34-26(19)27(32-24)37-21-3-4-22(37)6-5-21)33-25-7-2-18-16-36(9-8-23(18)31-25)28(40)20-14-35(15-20)10-11-38/h2,7,12-13,17,20-22,38-39H,3-6,8-11,14-16H2,1H3,(H,30,31,33,34)/t17-,21?,22?/m1/s1. The summed E-state index contributed by atoms with van der Waals surface area (Å²) in [5, 5.41) is 23.5. The molecule has 0 radical (unpaired) electrons. The van der Waals surface area contributed by atoms with Gasteiger partial charge in [-0.3, -0.25) is 9.69 Å². The van der Waals surface area contributed by atoms with E-state index in [1.807, 2.05) is 23.1 Å². The Kier molecular flexibility index (Phi) is 6.52. The van der Waals surface area contributed by atoms with Crippen LogP contribution in [0.4, 0.5) is 17.6 Å². The van der Waals surface area contributed by atoms with E-state index in [0.29, 0.717) is 55.6 Å². The van der Waals surface area contributed by atoms with E-state index in [4.69, 9.17) is 20.1 Å². The minimum atomic E-state index is -0.665. The molecule has 0 aromatic carbocycles. The van der Waals surface area contributed by atoms with E-state index in [1.165, 1.54) is 25.7 Å². The van der Waals surface area contributed by atoms with Gasteiger partial charge < -0.3 is 25.3 Å². The number of hydrogen-bond donors (Lipinski definition) is 3. The van der Waals surface area contributed by atoms with Crippen molar-refractivity contribution in [2.45, 2.75) is 63.8 Å². The van der Waals surface area contributed by atoms with Crippen LogP contribution in [0.1, 0.15) is 55.7 Å². The van der Waals surface area contributed by atoms with Gasteiger partial charge in [-0.1, -0.05) is 6.07 Å². The van der Waals surface area contributed by atoms with Crippen LogP contribution >= 0.6 is 0 Å². The molecule has 1 atom stereocenters. The predicted molar refractivity (Wildman–Crippen MR) is 150 cm³/mol. The van der Waals surface area contributed by atoms with Crippen LogP contribution in [0, 0.1) is 5.92 Å². The third-order valence-corrected chi connectivity index (χ3v) is 9.02. The Balaban J connectivity index is 1.10. The lowest BCUT2D eigenvalue weighted by atomic mass is 9.96. The first kappa shape index (κ1) is 25.6. The van der Waals surface area contributed by atoms with Crippen molar-refractivity contribution in [3.8, 4) is 0 Å². The highest BCUT2D eigenvalue weighted by molar-refractivity contribution is 5.90. The van der Waals surface area contributed by atoms with Crippen LogP contribution in [-0.2, 0) is 17.8 Å². The van der Waals surface area contributed by atoms with E-state index in [-0.39, 0.29) is 18.4 Å². The van der Waals surface area contributed by atoms with Crippen molar-refractivity contribution in [3.05, 3.63) is 41.3 Å². The molecule has 7 rings (SSSR count). The molecule has 11 nitrogen and oxygen atoms in total. The molecule has 11 heteroatoms. The van der Waals surface area contributed by atoms with E-state index in [2.05, 4.69) is 20.1 Å². The summed E-state index contributed by atoms with van der Waals surface area (Å²) in [6.45, 7) is 5.19.